The van der Waals surface area contributed by atoms with Crippen LogP contribution in [0.5, 0.6) is 11.5 Å². The summed E-state index contributed by atoms with van der Waals surface area (Å²) in [6.45, 7) is 10.8. The first-order chi connectivity index (χ1) is 21.0. The number of pyridine rings is 1. The van der Waals surface area contributed by atoms with Crippen molar-refractivity contribution in [3.8, 4) is 22.8 Å². The Balaban J connectivity index is 1.47. The number of aromatic nitrogens is 1. The maximum atomic E-state index is 13.8. The first-order valence-corrected chi connectivity index (χ1v) is 14.6. The van der Waals surface area contributed by atoms with Gasteiger partial charge < -0.3 is 24.3 Å². The Kier molecular flexibility index (Phi) is 8.39. The van der Waals surface area contributed by atoms with E-state index in [4.69, 9.17) is 23.9 Å². The number of fused-ring (bicyclic) bond motifs is 1. The number of hydrogen-bond donors (Lipinski definition) is 1. The number of hydrogen-bond acceptors (Lipinski definition) is 8. The zero-order chi connectivity index (χ0) is 31.6. The lowest BCUT2D eigenvalue weighted by molar-refractivity contribution is -0.148. The number of ether oxygens (including phenoxy) is 4. The second-order valence-electron chi connectivity index (χ2n) is 11.8. The fourth-order valence-corrected chi connectivity index (χ4v) is 5.34. The molecule has 1 aliphatic heterocycles. The Morgan fingerprint density at radius 1 is 1.14 bits per heavy atom. The molecular weight excluding hydrogens is 562 g/mol. The molecule has 2 amide bonds. The van der Waals surface area contributed by atoms with Crippen LogP contribution in [-0.4, -0.2) is 71.4 Å². The lowest BCUT2D eigenvalue weighted by atomic mass is 10.1. The number of likely N-dealkylation sites (tertiary alicyclic amines) is 1. The van der Waals surface area contributed by atoms with Crippen molar-refractivity contribution in [1.82, 2.24) is 15.2 Å². The first-order valence-electron chi connectivity index (χ1n) is 14.6. The molecule has 1 aromatic heterocycles. The summed E-state index contributed by atoms with van der Waals surface area (Å²) in [5.74, 6) is 0.1000. The van der Waals surface area contributed by atoms with Gasteiger partial charge in [-0.3, -0.25) is 9.69 Å². The molecule has 0 radical (unpaired) electrons. The van der Waals surface area contributed by atoms with E-state index < -0.39 is 41.3 Å². The predicted molar refractivity (Wildman–Crippen MR) is 164 cm³/mol. The minimum Gasteiger partial charge on any atom is -0.497 e. The largest absolute Gasteiger partial charge is 0.497 e. The third-order valence-electron chi connectivity index (χ3n) is 7.54. The topological polar surface area (TPSA) is 116 Å². The Morgan fingerprint density at radius 2 is 1.89 bits per heavy atom. The van der Waals surface area contributed by atoms with Gasteiger partial charge in [0.1, 0.15) is 29.2 Å². The number of amides is 2. The number of benzene rings is 2. The van der Waals surface area contributed by atoms with Crippen LogP contribution >= 0.6 is 0 Å². The van der Waals surface area contributed by atoms with E-state index in [-0.39, 0.29) is 26.0 Å². The summed E-state index contributed by atoms with van der Waals surface area (Å²) in [5, 5.41) is 3.57. The number of nitrogens with one attached hydrogen (secondary N) is 1. The van der Waals surface area contributed by atoms with Crippen LogP contribution in [0, 0.1) is 0 Å². The molecule has 0 bridgehead atoms. The van der Waals surface area contributed by atoms with Crippen molar-refractivity contribution in [2.75, 3.05) is 20.3 Å². The highest BCUT2D eigenvalue weighted by atomic mass is 16.6. The minimum atomic E-state index is -1.33. The Labute approximate surface area is 256 Å². The molecule has 44 heavy (non-hydrogen) atoms. The van der Waals surface area contributed by atoms with Crippen LogP contribution in [0.15, 0.2) is 72.5 Å². The summed E-state index contributed by atoms with van der Waals surface area (Å²) in [6, 6.07) is 16.1. The molecule has 1 N–H and O–H groups in total. The molecule has 3 aromatic rings. The highest BCUT2D eigenvalue weighted by Crippen LogP contribution is 2.43. The quantitative estimate of drug-likeness (QED) is 0.278. The number of carbonyl (C=O) groups is 3. The van der Waals surface area contributed by atoms with Crippen LogP contribution in [0.25, 0.3) is 22.2 Å². The molecule has 3 atom stereocenters. The molecule has 1 saturated carbocycles. The van der Waals surface area contributed by atoms with Crippen molar-refractivity contribution >= 4 is 28.9 Å². The summed E-state index contributed by atoms with van der Waals surface area (Å²) < 4.78 is 22.9. The Bertz CT molecular complexity index is 1640. The average Bonchev–Trinajstić information content (AvgIpc) is 3.55. The molecule has 10 nitrogen and oxygen atoms in total. The molecule has 230 valence electrons. The molecular formula is C34H37N3O7. The molecule has 2 aromatic carbocycles. The zero-order valence-electron chi connectivity index (χ0n) is 25.6. The smallest absolute Gasteiger partial charge is 0.411 e. The van der Waals surface area contributed by atoms with Crippen molar-refractivity contribution in [1.29, 1.82) is 0 Å². The molecule has 0 spiro atoms. The van der Waals surface area contributed by atoms with E-state index in [9.17, 15) is 14.4 Å². The molecule has 2 heterocycles. The van der Waals surface area contributed by atoms with Gasteiger partial charge in [-0.2, -0.15) is 0 Å². The molecule has 2 fully saturated rings. The van der Waals surface area contributed by atoms with Crippen LogP contribution in [0.1, 0.15) is 40.5 Å². The van der Waals surface area contributed by atoms with Crippen molar-refractivity contribution < 1.29 is 33.3 Å². The summed E-state index contributed by atoms with van der Waals surface area (Å²) in [5.41, 5.74) is 3.41. The maximum absolute atomic E-state index is 13.8. The SMILES string of the molecule is C=C=C1C[C@]1(NC(=O)[C@@H]1C[C@@H](Oc2cc(-c3ccccc3)nc3cc(OC)ccc23)CN1C(=O)OC(C)(C)C)C(=O)OCC. The van der Waals surface area contributed by atoms with E-state index in [0.29, 0.717) is 28.3 Å². The van der Waals surface area contributed by atoms with E-state index in [0.717, 1.165) is 10.9 Å². The predicted octanol–water partition coefficient (Wildman–Crippen LogP) is 5.20. The van der Waals surface area contributed by atoms with E-state index in [1.165, 1.54) is 4.90 Å². The molecule has 0 unspecified atom stereocenters. The third-order valence-corrected chi connectivity index (χ3v) is 7.54. The van der Waals surface area contributed by atoms with Crippen LogP contribution in [0.4, 0.5) is 4.79 Å². The van der Waals surface area contributed by atoms with Gasteiger partial charge in [-0.25, -0.2) is 14.6 Å². The third kappa shape index (κ3) is 6.26. The number of methoxy groups -OCH3 is 1. The van der Waals surface area contributed by atoms with Gasteiger partial charge in [-0.15, -0.1) is 5.73 Å². The van der Waals surface area contributed by atoms with Gasteiger partial charge >= 0.3 is 12.1 Å². The van der Waals surface area contributed by atoms with Crippen LogP contribution < -0.4 is 14.8 Å². The van der Waals surface area contributed by atoms with Crippen LogP contribution in [0.3, 0.4) is 0 Å². The number of esters is 1. The van der Waals surface area contributed by atoms with Gasteiger partial charge in [-0.05, 0) is 39.8 Å². The van der Waals surface area contributed by atoms with E-state index in [1.54, 1.807) is 34.8 Å². The Hall–Kier alpha value is -4.82. The summed E-state index contributed by atoms with van der Waals surface area (Å²) >= 11 is 0. The number of carbonyl (C=O) groups excluding carboxylic acids is 3. The Morgan fingerprint density at radius 3 is 2.52 bits per heavy atom. The highest BCUT2D eigenvalue weighted by molar-refractivity contribution is 5.98. The van der Waals surface area contributed by atoms with E-state index in [2.05, 4.69) is 17.6 Å². The van der Waals surface area contributed by atoms with Crippen molar-refractivity contribution in [2.24, 2.45) is 0 Å². The van der Waals surface area contributed by atoms with Gasteiger partial charge in [-0.1, -0.05) is 36.9 Å². The number of rotatable bonds is 8. The van der Waals surface area contributed by atoms with E-state index >= 15 is 0 Å². The van der Waals surface area contributed by atoms with Gasteiger partial charge in [0, 0.05) is 41.5 Å². The molecule has 1 saturated heterocycles. The van der Waals surface area contributed by atoms with Crippen molar-refractivity contribution in [2.45, 2.75) is 63.8 Å². The molecule has 2 aliphatic rings. The summed E-state index contributed by atoms with van der Waals surface area (Å²) in [6.07, 6.45) is -0.813. The standard InChI is InChI=1S/C34H37N3O7/c1-7-22-19-34(22,31(39)42-8-2)36-30(38)28-17-24(20-37(28)32(40)44-33(3,4)5)43-29-18-26(21-12-10-9-11-13-21)35-27-16-23(41-6)14-15-25(27)29/h9-16,18,24,28H,1,8,17,19-20H2,2-6H3,(H,36,38)/t24-,28+,34-/m1/s1. The number of nitrogens with zero attached hydrogens (tertiary/aromatic N) is 2. The molecule has 10 heteroatoms. The van der Waals surface area contributed by atoms with Crippen molar-refractivity contribution in [3.63, 3.8) is 0 Å². The average molecular weight is 600 g/mol. The summed E-state index contributed by atoms with van der Waals surface area (Å²) in [4.78, 5) is 46.1. The molecule has 5 rings (SSSR count). The zero-order valence-corrected chi connectivity index (χ0v) is 25.6. The second-order valence-corrected chi connectivity index (χ2v) is 11.8. The fraction of sp³-hybridized carbons (Fsp3) is 0.382. The van der Waals surface area contributed by atoms with Crippen LogP contribution in [-0.2, 0) is 19.1 Å². The second kappa shape index (κ2) is 12.1. The maximum Gasteiger partial charge on any atom is 0.411 e. The normalized spacial score (nSPS) is 20.9. The lowest BCUT2D eigenvalue weighted by Gasteiger charge is -2.28. The van der Waals surface area contributed by atoms with Gasteiger partial charge in [0.2, 0.25) is 5.91 Å². The monoisotopic (exact) mass is 599 g/mol. The molecule has 1 aliphatic carbocycles. The highest BCUT2D eigenvalue weighted by Gasteiger charge is 2.59. The van der Waals surface area contributed by atoms with E-state index in [1.807, 2.05) is 54.6 Å². The van der Waals surface area contributed by atoms with Crippen LogP contribution in [0.2, 0.25) is 0 Å². The first kappa shape index (κ1) is 30.6. The fourth-order valence-electron chi connectivity index (χ4n) is 5.34. The minimum absolute atomic E-state index is 0.0875. The summed E-state index contributed by atoms with van der Waals surface area (Å²) in [7, 11) is 1.59. The lowest BCUT2D eigenvalue weighted by Crippen LogP contribution is -2.53. The van der Waals surface area contributed by atoms with Gasteiger partial charge in [0.15, 0.2) is 5.54 Å². The van der Waals surface area contributed by atoms with Crippen molar-refractivity contribution in [3.05, 3.63) is 72.5 Å². The van der Waals surface area contributed by atoms with Gasteiger partial charge in [0.25, 0.3) is 0 Å². The van der Waals surface area contributed by atoms with Gasteiger partial charge in [0.05, 0.1) is 31.5 Å².